The molecular formula is C12H15N3OS. The summed E-state index contributed by atoms with van der Waals surface area (Å²) in [5.41, 5.74) is 7.36. The molecule has 1 aromatic rings. The van der Waals surface area contributed by atoms with Crippen LogP contribution < -0.4 is 16.2 Å². The van der Waals surface area contributed by atoms with Crippen LogP contribution in [0.3, 0.4) is 0 Å². The van der Waals surface area contributed by atoms with E-state index in [9.17, 15) is 4.79 Å². The first-order valence-electron chi connectivity index (χ1n) is 5.58. The number of hydrazine groups is 1. The normalized spacial score (nSPS) is 13.9. The van der Waals surface area contributed by atoms with Crippen LogP contribution in [0.15, 0.2) is 24.3 Å². The summed E-state index contributed by atoms with van der Waals surface area (Å²) >= 11 is 5.06. The first kappa shape index (κ1) is 11.9. The Balaban J connectivity index is 1.76. The molecule has 1 aromatic carbocycles. The molecule has 3 N–H and O–H groups in total. The molecule has 90 valence electrons. The third kappa shape index (κ3) is 3.71. The molecule has 2 rings (SSSR count). The highest BCUT2D eigenvalue weighted by Gasteiger charge is 2.29. The Labute approximate surface area is 106 Å². The van der Waals surface area contributed by atoms with E-state index in [0.717, 1.165) is 18.5 Å². The second-order valence-corrected chi connectivity index (χ2v) is 4.62. The largest absolute Gasteiger partial charge is 0.331 e. The molecule has 1 aliphatic rings. The smallest absolute Gasteiger partial charge is 0.241 e. The van der Waals surface area contributed by atoms with Crippen LogP contribution in [0.1, 0.15) is 18.4 Å². The Hall–Kier alpha value is -1.62. The van der Waals surface area contributed by atoms with E-state index < -0.39 is 0 Å². The predicted molar refractivity (Wildman–Crippen MR) is 71.4 cm³/mol. The summed E-state index contributed by atoms with van der Waals surface area (Å²) in [5.74, 6) is 0.183. The molecule has 0 unspecified atom stereocenters. The van der Waals surface area contributed by atoms with Gasteiger partial charge < -0.3 is 5.32 Å². The molecule has 1 fully saturated rings. The van der Waals surface area contributed by atoms with Crippen molar-refractivity contribution in [1.29, 1.82) is 0 Å². The number of rotatable bonds is 2. The van der Waals surface area contributed by atoms with E-state index in [-0.39, 0.29) is 11.8 Å². The molecule has 0 aromatic heterocycles. The molecule has 0 spiro atoms. The fourth-order valence-electron chi connectivity index (χ4n) is 1.37. The van der Waals surface area contributed by atoms with Crippen molar-refractivity contribution in [2.24, 2.45) is 5.92 Å². The summed E-state index contributed by atoms with van der Waals surface area (Å²) in [6.45, 7) is 2.02. The zero-order valence-electron chi connectivity index (χ0n) is 9.62. The molecule has 5 heteroatoms. The van der Waals surface area contributed by atoms with E-state index in [1.807, 2.05) is 31.2 Å². The molecule has 0 bridgehead atoms. The third-order valence-corrected chi connectivity index (χ3v) is 2.76. The molecule has 4 nitrogen and oxygen atoms in total. The summed E-state index contributed by atoms with van der Waals surface area (Å²) < 4.78 is 0. The minimum atomic E-state index is 0.0121. The molecule has 1 aliphatic carbocycles. The van der Waals surface area contributed by atoms with Gasteiger partial charge in [0.05, 0.1) is 0 Å². The van der Waals surface area contributed by atoms with Gasteiger partial charge in [-0.05, 0) is 44.1 Å². The lowest BCUT2D eigenvalue weighted by Crippen LogP contribution is -2.44. The van der Waals surface area contributed by atoms with Crippen molar-refractivity contribution in [3.63, 3.8) is 0 Å². The van der Waals surface area contributed by atoms with Crippen LogP contribution in [0.2, 0.25) is 0 Å². The zero-order valence-corrected chi connectivity index (χ0v) is 10.4. The maximum Gasteiger partial charge on any atom is 0.241 e. The second kappa shape index (κ2) is 5.14. The first-order chi connectivity index (χ1) is 8.15. The van der Waals surface area contributed by atoms with Gasteiger partial charge in [-0.2, -0.15) is 0 Å². The van der Waals surface area contributed by atoms with Crippen molar-refractivity contribution < 1.29 is 4.79 Å². The predicted octanol–water partition coefficient (Wildman–Crippen LogP) is 1.72. The van der Waals surface area contributed by atoms with Crippen LogP contribution in [0, 0.1) is 12.8 Å². The Bertz CT molecular complexity index is 426. The molecule has 17 heavy (non-hydrogen) atoms. The van der Waals surface area contributed by atoms with Crippen molar-refractivity contribution in [2.45, 2.75) is 19.8 Å². The van der Waals surface area contributed by atoms with Crippen molar-refractivity contribution in [3.05, 3.63) is 29.8 Å². The molecule has 0 radical (unpaired) electrons. The van der Waals surface area contributed by atoms with Gasteiger partial charge in [0.25, 0.3) is 0 Å². The van der Waals surface area contributed by atoms with Crippen LogP contribution in [0.5, 0.6) is 0 Å². The highest BCUT2D eigenvalue weighted by molar-refractivity contribution is 7.80. The molecule has 0 heterocycles. The lowest BCUT2D eigenvalue weighted by atomic mass is 10.2. The van der Waals surface area contributed by atoms with Gasteiger partial charge in [0, 0.05) is 11.6 Å². The van der Waals surface area contributed by atoms with Gasteiger partial charge >= 0.3 is 0 Å². The van der Waals surface area contributed by atoms with Crippen LogP contribution in [-0.2, 0) is 4.79 Å². The van der Waals surface area contributed by atoms with E-state index in [1.165, 1.54) is 5.56 Å². The maximum atomic E-state index is 11.3. The number of hydrogen-bond acceptors (Lipinski definition) is 2. The molecule has 1 amide bonds. The van der Waals surface area contributed by atoms with Gasteiger partial charge in [0.1, 0.15) is 0 Å². The monoisotopic (exact) mass is 249 g/mol. The van der Waals surface area contributed by atoms with E-state index in [1.54, 1.807) is 0 Å². The number of anilines is 1. The summed E-state index contributed by atoms with van der Waals surface area (Å²) in [6.07, 6.45) is 1.96. The zero-order chi connectivity index (χ0) is 12.3. The van der Waals surface area contributed by atoms with Gasteiger partial charge in [-0.15, -0.1) is 0 Å². The van der Waals surface area contributed by atoms with Gasteiger partial charge in [-0.3, -0.25) is 15.6 Å². The van der Waals surface area contributed by atoms with Crippen molar-refractivity contribution >= 4 is 28.9 Å². The maximum absolute atomic E-state index is 11.3. The van der Waals surface area contributed by atoms with Gasteiger partial charge in [0.2, 0.25) is 5.91 Å². The van der Waals surface area contributed by atoms with Gasteiger partial charge in [0.15, 0.2) is 5.11 Å². The number of aryl methyl sites for hydroxylation is 1. The second-order valence-electron chi connectivity index (χ2n) is 4.21. The van der Waals surface area contributed by atoms with Crippen LogP contribution in [0.4, 0.5) is 5.69 Å². The van der Waals surface area contributed by atoms with E-state index in [2.05, 4.69) is 16.2 Å². The van der Waals surface area contributed by atoms with E-state index in [0.29, 0.717) is 5.11 Å². The number of amides is 1. The summed E-state index contributed by atoms with van der Waals surface area (Å²) in [7, 11) is 0. The lowest BCUT2D eigenvalue weighted by molar-refractivity contribution is -0.122. The summed E-state index contributed by atoms with van der Waals surface area (Å²) in [5, 5.41) is 3.38. The quantitative estimate of drug-likeness (QED) is 0.552. The fraction of sp³-hybridized carbons (Fsp3) is 0.333. The Morgan fingerprint density at radius 2 is 1.88 bits per heavy atom. The molecule has 1 saturated carbocycles. The number of benzene rings is 1. The fourth-order valence-corrected chi connectivity index (χ4v) is 1.53. The van der Waals surface area contributed by atoms with Crippen molar-refractivity contribution in [1.82, 2.24) is 10.9 Å². The highest BCUT2D eigenvalue weighted by Crippen LogP contribution is 2.28. The van der Waals surface area contributed by atoms with Crippen LogP contribution in [-0.4, -0.2) is 11.0 Å². The molecule has 0 atom stereocenters. The van der Waals surface area contributed by atoms with Crippen molar-refractivity contribution in [3.8, 4) is 0 Å². The highest BCUT2D eigenvalue weighted by atomic mass is 32.1. The number of thiocarbonyl (C=S) groups is 1. The van der Waals surface area contributed by atoms with Crippen LogP contribution >= 0.6 is 12.2 Å². The SMILES string of the molecule is Cc1ccc(NC(=S)NNC(=O)C2CC2)cc1. The summed E-state index contributed by atoms with van der Waals surface area (Å²) in [4.78, 5) is 11.3. The first-order valence-corrected chi connectivity index (χ1v) is 5.99. The van der Waals surface area contributed by atoms with Crippen LogP contribution in [0.25, 0.3) is 0 Å². The Kier molecular flexibility index (Phi) is 3.58. The van der Waals surface area contributed by atoms with Gasteiger partial charge in [-0.25, -0.2) is 0 Å². The number of nitrogens with one attached hydrogen (secondary N) is 3. The Morgan fingerprint density at radius 1 is 1.24 bits per heavy atom. The summed E-state index contributed by atoms with van der Waals surface area (Å²) in [6, 6.07) is 7.86. The lowest BCUT2D eigenvalue weighted by Gasteiger charge is -2.11. The molecule has 0 saturated heterocycles. The molecular weight excluding hydrogens is 234 g/mol. The van der Waals surface area contributed by atoms with Gasteiger partial charge in [-0.1, -0.05) is 17.7 Å². The standard InChI is InChI=1S/C12H15N3OS/c1-8-2-6-10(7-3-8)13-12(17)15-14-11(16)9-4-5-9/h2-3,6-7,9H,4-5H2,1H3,(H,14,16)(H2,13,15,17). The number of carbonyl (C=O) groups is 1. The average Bonchev–Trinajstić information content (AvgIpc) is 3.13. The minimum Gasteiger partial charge on any atom is -0.331 e. The topological polar surface area (TPSA) is 53.2 Å². The minimum absolute atomic E-state index is 0.0121. The Morgan fingerprint density at radius 3 is 2.47 bits per heavy atom. The van der Waals surface area contributed by atoms with E-state index in [4.69, 9.17) is 12.2 Å². The van der Waals surface area contributed by atoms with E-state index >= 15 is 0 Å². The number of hydrogen-bond donors (Lipinski definition) is 3. The average molecular weight is 249 g/mol. The third-order valence-electron chi connectivity index (χ3n) is 2.56. The van der Waals surface area contributed by atoms with Crippen molar-refractivity contribution in [2.75, 3.05) is 5.32 Å². The number of carbonyl (C=O) groups excluding carboxylic acids is 1. The molecule has 0 aliphatic heterocycles.